The zero-order valence-corrected chi connectivity index (χ0v) is 16.9. The standard InChI is InChI=1S/C19H24N4O5S/c24-17(22-10-8-21(9-11-22)14-6-12-29(27,28)13-14)5-7-23-18(25)15-3-1-2-4-16(15)20-19(23)26/h1-4,14H,5-13H2,(H,20,26). The van der Waals surface area contributed by atoms with Gasteiger partial charge in [-0.1, -0.05) is 12.1 Å². The molecule has 3 heterocycles. The Kier molecular flexibility index (Phi) is 5.30. The third-order valence-electron chi connectivity index (χ3n) is 5.83. The van der Waals surface area contributed by atoms with Crippen molar-refractivity contribution in [1.29, 1.82) is 0 Å². The number of rotatable bonds is 4. The molecule has 0 saturated carbocycles. The smallest absolute Gasteiger partial charge is 0.328 e. The van der Waals surface area contributed by atoms with Gasteiger partial charge in [0, 0.05) is 45.2 Å². The molecule has 9 nitrogen and oxygen atoms in total. The van der Waals surface area contributed by atoms with E-state index in [1.807, 2.05) is 0 Å². The van der Waals surface area contributed by atoms with Gasteiger partial charge in [0.15, 0.2) is 9.84 Å². The molecule has 0 spiro atoms. The van der Waals surface area contributed by atoms with Gasteiger partial charge in [0.25, 0.3) is 5.56 Å². The maximum atomic E-state index is 12.6. The predicted molar refractivity (Wildman–Crippen MR) is 109 cm³/mol. The third-order valence-corrected chi connectivity index (χ3v) is 7.58. The number of aromatic amines is 1. The van der Waals surface area contributed by atoms with Crippen LogP contribution in [0.2, 0.25) is 0 Å². The zero-order valence-electron chi connectivity index (χ0n) is 16.0. The molecule has 2 aromatic rings. The highest BCUT2D eigenvalue weighted by atomic mass is 32.2. The fourth-order valence-electron chi connectivity index (χ4n) is 4.17. The van der Waals surface area contributed by atoms with E-state index in [0.29, 0.717) is 43.5 Å². The number of H-pyrrole nitrogens is 1. The maximum absolute atomic E-state index is 12.6. The molecule has 29 heavy (non-hydrogen) atoms. The normalized spacial score (nSPS) is 22.2. The van der Waals surface area contributed by atoms with E-state index in [1.54, 1.807) is 29.2 Å². The fourth-order valence-corrected chi connectivity index (χ4v) is 5.93. The van der Waals surface area contributed by atoms with E-state index in [9.17, 15) is 22.8 Å². The number of aromatic nitrogens is 2. The van der Waals surface area contributed by atoms with Crippen molar-refractivity contribution in [1.82, 2.24) is 19.4 Å². The molecule has 2 aliphatic heterocycles. The van der Waals surface area contributed by atoms with Gasteiger partial charge in [0.1, 0.15) is 0 Å². The molecule has 1 unspecified atom stereocenters. The van der Waals surface area contributed by atoms with Gasteiger partial charge in [-0.15, -0.1) is 0 Å². The van der Waals surface area contributed by atoms with Crippen LogP contribution < -0.4 is 11.2 Å². The Bertz CT molecular complexity index is 1150. The molecule has 0 bridgehead atoms. The first-order valence-electron chi connectivity index (χ1n) is 9.78. The summed E-state index contributed by atoms with van der Waals surface area (Å²) in [4.78, 5) is 43.9. The van der Waals surface area contributed by atoms with Crippen molar-refractivity contribution >= 4 is 26.6 Å². The lowest BCUT2D eigenvalue weighted by Crippen LogP contribution is -2.52. The number of fused-ring (bicyclic) bond motifs is 1. The molecular formula is C19H24N4O5S. The number of amides is 1. The van der Waals surface area contributed by atoms with Gasteiger partial charge in [-0.25, -0.2) is 13.2 Å². The summed E-state index contributed by atoms with van der Waals surface area (Å²) >= 11 is 0. The Morgan fingerprint density at radius 3 is 2.52 bits per heavy atom. The van der Waals surface area contributed by atoms with Gasteiger partial charge in [-0.2, -0.15) is 0 Å². The highest BCUT2D eigenvalue weighted by Gasteiger charge is 2.34. The molecule has 1 amide bonds. The average molecular weight is 420 g/mol. The van der Waals surface area contributed by atoms with E-state index in [1.165, 1.54) is 0 Å². The Balaban J connectivity index is 1.36. The van der Waals surface area contributed by atoms with E-state index < -0.39 is 21.1 Å². The van der Waals surface area contributed by atoms with Crippen LogP contribution in [0, 0.1) is 0 Å². The highest BCUT2D eigenvalue weighted by molar-refractivity contribution is 7.91. The molecule has 0 radical (unpaired) electrons. The van der Waals surface area contributed by atoms with Crippen molar-refractivity contribution in [3.63, 3.8) is 0 Å². The average Bonchev–Trinajstić information content (AvgIpc) is 3.07. The lowest BCUT2D eigenvalue weighted by molar-refractivity contribution is -0.133. The predicted octanol–water partition coefficient (Wildman–Crippen LogP) is -0.589. The topological polar surface area (TPSA) is 113 Å². The minimum Gasteiger partial charge on any atom is -0.340 e. The van der Waals surface area contributed by atoms with Gasteiger partial charge in [0.2, 0.25) is 5.91 Å². The van der Waals surface area contributed by atoms with Crippen molar-refractivity contribution in [2.24, 2.45) is 0 Å². The van der Waals surface area contributed by atoms with Crippen LogP contribution in [0.15, 0.2) is 33.9 Å². The van der Waals surface area contributed by atoms with Crippen LogP contribution in [0.25, 0.3) is 10.9 Å². The summed E-state index contributed by atoms with van der Waals surface area (Å²) in [5, 5.41) is 0.416. The molecule has 1 aromatic heterocycles. The molecule has 0 aliphatic carbocycles. The Labute approximate surface area is 167 Å². The first-order chi connectivity index (χ1) is 13.8. The number of para-hydroxylation sites is 1. The maximum Gasteiger partial charge on any atom is 0.328 e. The van der Waals surface area contributed by atoms with Crippen molar-refractivity contribution in [2.75, 3.05) is 37.7 Å². The van der Waals surface area contributed by atoms with Crippen molar-refractivity contribution in [2.45, 2.75) is 25.4 Å². The van der Waals surface area contributed by atoms with Crippen LogP contribution in [0.5, 0.6) is 0 Å². The van der Waals surface area contributed by atoms with Crippen molar-refractivity contribution in [3.8, 4) is 0 Å². The lowest BCUT2D eigenvalue weighted by Gasteiger charge is -2.37. The number of hydrogen-bond acceptors (Lipinski definition) is 6. The van der Waals surface area contributed by atoms with Crippen LogP contribution in [0.1, 0.15) is 12.8 Å². The number of piperazine rings is 1. The molecule has 1 aromatic carbocycles. The van der Waals surface area contributed by atoms with Crippen LogP contribution in [-0.4, -0.2) is 77.4 Å². The first kappa shape index (κ1) is 19.8. The summed E-state index contributed by atoms with van der Waals surface area (Å²) in [6.45, 7) is 2.36. The lowest BCUT2D eigenvalue weighted by atomic mass is 10.2. The van der Waals surface area contributed by atoms with E-state index in [0.717, 1.165) is 4.57 Å². The van der Waals surface area contributed by atoms with E-state index >= 15 is 0 Å². The van der Waals surface area contributed by atoms with Crippen molar-refractivity contribution < 1.29 is 13.2 Å². The van der Waals surface area contributed by atoms with Gasteiger partial charge >= 0.3 is 5.69 Å². The Morgan fingerprint density at radius 2 is 1.83 bits per heavy atom. The number of hydrogen-bond donors (Lipinski definition) is 1. The molecule has 1 atom stereocenters. The highest BCUT2D eigenvalue weighted by Crippen LogP contribution is 2.19. The van der Waals surface area contributed by atoms with E-state index in [2.05, 4.69) is 9.88 Å². The Morgan fingerprint density at radius 1 is 1.10 bits per heavy atom. The van der Waals surface area contributed by atoms with Gasteiger partial charge in [0.05, 0.1) is 22.4 Å². The van der Waals surface area contributed by atoms with Gasteiger partial charge in [-0.3, -0.25) is 19.1 Å². The second-order valence-corrected chi connectivity index (χ2v) is 9.88. The molecule has 2 aliphatic rings. The van der Waals surface area contributed by atoms with E-state index in [4.69, 9.17) is 0 Å². The second-order valence-electron chi connectivity index (χ2n) is 7.66. The minimum absolute atomic E-state index is 0.0267. The van der Waals surface area contributed by atoms with Crippen LogP contribution in [0.4, 0.5) is 0 Å². The summed E-state index contributed by atoms with van der Waals surface area (Å²) in [5.41, 5.74) is -0.437. The quantitative estimate of drug-likeness (QED) is 0.708. The largest absolute Gasteiger partial charge is 0.340 e. The fraction of sp³-hybridized carbons (Fsp3) is 0.526. The molecule has 1 N–H and O–H groups in total. The zero-order chi connectivity index (χ0) is 20.6. The monoisotopic (exact) mass is 420 g/mol. The number of nitrogens with zero attached hydrogens (tertiary/aromatic N) is 3. The number of carbonyl (C=O) groups is 1. The van der Waals surface area contributed by atoms with Crippen LogP contribution in [-0.2, 0) is 21.2 Å². The molecule has 10 heteroatoms. The molecule has 156 valence electrons. The first-order valence-corrected chi connectivity index (χ1v) is 11.6. The minimum atomic E-state index is -2.92. The molecule has 2 saturated heterocycles. The van der Waals surface area contributed by atoms with Crippen LogP contribution >= 0.6 is 0 Å². The van der Waals surface area contributed by atoms with Gasteiger partial charge in [-0.05, 0) is 18.6 Å². The number of benzene rings is 1. The van der Waals surface area contributed by atoms with Crippen molar-refractivity contribution in [3.05, 3.63) is 45.1 Å². The van der Waals surface area contributed by atoms with Gasteiger partial charge < -0.3 is 9.88 Å². The van der Waals surface area contributed by atoms with E-state index in [-0.39, 0.29) is 36.4 Å². The number of nitrogens with one attached hydrogen (secondary N) is 1. The summed E-state index contributed by atoms with van der Waals surface area (Å²) < 4.78 is 24.4. The summed E-state index contributed by atoms with van der Waals surface area (Å²) in [7, 11) is -2.92. The summed E-state index contributed by atoms with van der Waals surface area (Å²) in [6.07, 6.45) is 0.725. The molecule has 4 rings (SSSR count). The third kappa shape index (κ3) is 4.13. The van der Waals surface area contributed by atoms with Crippen LogP contribution in [0.3, 0.4) is 0 Å². The summed E-state index contributed by atoms with van der Waals surface area (Å²) in [6, 6.07) is 6.84. The SMILES string of the molecule is O=C(CCn1c(=O)[nH]c2ccccc2c1=O)N1CCN(C2CCS(=O)(=O)C2)CC1. The number of carbonyl (C=O) groups excluding carboxylic acids is 1. The Hall–Kier alpha value is -2.46. The molecule has 2 fully saturated rings. The number of sulfone groups is 1. The second kappa shape index (κ2) is 7.75. The summed E-state index contributed by atoms with van der Waals surface area (Å²) in [5.74, 6) is 0.337. The molecular weight excluding hydrogens is 396 g/mol.